The van der Waals surface area contributed by atoms with Crippen molar-refractivity contribution in [3.63, 3.8) is 0 Å². The molecule has 0 radical (unpaired) electrons. The first-order chi connectivity index (χ1) is 13.5. The van der Waals surface area contributed by atoms with Gasteiger partial charge in [0.05, 0.1) is 7.11 Å². The first-order valence-corrected chi connectivity index (χ1v) is 8.16. The highest BCUT2D eigenvalue weighted by molar-refractivity contribution is 6.05. The van der Waals surface area contributed by atoms with Gasteiger partial charge < -0.3 is 21.1 Å². The summed E-state index contributed by atoms with van der Waals surface area (Å²) in [5.74, 6) is -0.986. The average molecular weight is 384 g/mol. The molecule has 0 atom stereocenters. The van der Waals surface area contributed by atoms with Crippen molar-refractivity contribution in [3.05, 3.63) is 60.0 Å². The van der Waals surface area contributed by atoms with E-state index >= 15 is 0 Å². The number of hydrogen-bond donors (Lipinski definition) is 3. The molecule has 2 amide bonds. The fourth-order valence-electron chi connectivity index (χ4n) is 2.37. The number of rotatable bonds is 6. The number of nitrogens with one attached hydrogen (secondary N) is 2. The molecule has 10 heteroatoms. The summed E-state index contributed by atoms with van der Waals surface area (Å²) in [5, 5.41) is 12.6. The Morgan fingerprint density at radius 1 is 1.14 bits per heavy atom. The highest BCUT2D eigenvalue weighted by atomic mass is 19.1. The van der Waals surface area contributed by atoms with E-state index in [1.807, 2.05) is 0 Å². The molecule has 0 spiro atoms. The highest BCUT2D eigenvalue weighted by Crippen LogP contribution is 2.16. The molecule has 2 aromatic carbocycles. The molecular weight excluding hydrogens is 367 g/mol. The molecule has 0 bridgehead atoms. The lowest BCUT2D eigenvalue weighted by molar-refractivity contribution is -0.116. The number of carbonyl (C=O) groups excluding carboxylic acids is 2. The molecule has 1 aromatic heterocycles. The van der Waals surface area contributed by atoms with Crippen LogP contribution in [0, 0.1) is 5.82 Å². The number of carbonyl (C=O) groups is 2. The zero-order chi connectivity index (χ0) is 20.1. The van der Waals surface area contributed by atoms with Gasteiger partial charge in [0.15, 0.2) is 11.5 Å². The Morgan fingerprint density at radius 3 is 2.57 bits per heavy atom. The van der Waals surface area contributed by atoms with Crippen LogP contribution in [0.15, 0.2) is 48.5 Å². The van der Waals surface area contributed by atoms with Crippen molar-refractivity contribution in [2.45, 2.75) is 6.54 Å². The molecule has 0 saturated carbocycles. The van der Waals surface area contributed by atoms with Crippen molar-refractivity contribution in [1.29, 1.82) is 0 Å². The van der Waals surface area contributed by atoms with Crippen LogP contribution < -0.4 is 21.1 Å². The van der Waals surface area contributed by atoms with Crippen LogP contribution in [0.3, 0.4) is 0 Å². The lowest BCUT2D eigenvalue weighted by Gasteiger charge is -2.07. The number of hydrogen-bond acceptors (Lipinski definition) is 6. The largest absolute Gasteiger partial charge is 0.497 e. The lowest BCUT2D eigenvalue weighted by Crippen LogP contribution is -2.21. The van der Waals surface area contributed by atoms with E-state index in [0.29, 0.717) is 11.4 Å². The van der Waals surface area contributed by atoms with Crippen LogP contribution in [0.4, 0.5) is 21.6 Å². The second kappa shape index (κ2) is 8.16. The van der Waals surface area contributed by atoms with Gasteiger partial charge >= 0.3 is 0 Å². The second-order valence-corrected chi connectivity index (χ2v) is 5.72. The third-order valence-electron chi connectivity index (χ3n) is 3.74. The number of aromatic nitrogens is 3. The molecule has 0 unspecified atom stereocenters. The van der Waals surface area contributed by atoms with E-state index in [0.717, 1.165) is 10.7 Å². The smallest absolute Gasteiger partial charge is 0.280 e. The van der Waals surface area contributed by atoms with Crippen molar-refractivity contribution in [2.24, 2.45) is 0 Å². The Morgan fingerprint density at radius 2 is 1.89 bits per heavy atom. The van der Waals surface area contributed by atoms with Gasteiger partial charge in [0.1, 0.15) is 18.1 Å². The van der Waals surface area contributed by atoms with Gasteiger partial charge in [-0.1, -0.05) is 11.3 Å². The van der Waals surface area contributed by atoms with Gasteiger partial charge in [-0.2, -0.15) is 0 Å². The number of amides is 2. The van der Waals surface area contributed by atoms with E-state index in [1.54, 1.807) is 31.4 Å². The Hall–Kier alpha value is -3.95. The molecule has 28 heavy (non-hydrogen) atoms. The molecule has 1 heterocycles. The first-order valence-electron chi connectivity index (χ1n) is 8.16. The summed E-state index contributed by atoms with van der Waals surface area (Å²) in [6, 6.07) is 12.1. The second-order valence-electron chi connectivity index (χ2n) is 5.72. The number of methoxy groups -OCH3 is 1. The van der Waals surface area contributed by atoms with Crippen molar-refractivity contribution in [1.82, 2.24) is 15.0 Å². The van der Waals surface area contributed by atoms with Crippen LogP contribution in [0.5, 0.6) is 5.75 Å². The van der Waals surface area contributed by atoms with Gasteiger partial charge in [-0.3, -0.25) is 9.59 Å². The van der Waals surface area contributed by atoms with Gasteiger partial charge in [0.25, 0.3) is 5.91 Å². The fourth-order valence-corrected chi connectivity index (χ4v) is 2.37. The number of ether oxygens (including phenoxy) is 1. The maximum absolute atomic E-state index is 13.2. The molecule has 9 nitrogen and oxygen atoms in total. The Bertz CT molecular complexity index is 1000. The Labute approximate surface area is 159 Å². The van der Waals surface area contributed by atoms with Crippen LogP contribution in [-0.4, -0.2) is 33.9 Å². The summed E-state index contributed by atoms with van der Waals surface area (Å²) in [6.07, 6.45) is 0. The molecule has 0 aliphatic heterocycles. The summed E-state index contributed by atoms with van der Waals surface area (Å²) in [6.45, 7) is -0.238. The topological polar surface area (TPSA) is 124 Å². The normalized spacial score (nSPS) is 10.4. The van der Waals surface area contributed by atoms with Crippen LogP contribution in [0.2, 0.25) is 0 Å². The SMILES string of the molecule is COc1ccc(NC(=O)Cn2nnc(C(=O)Nc3cccc(F)c3)c2N)cc1. The third kappa shape index (κ3) is 4.41. The lowest BCUT2D eigenvalue weighted by atomic mass is 10.3. The van der Waals surface area contributed by atoms with E-state index in [9.17, 15) is 14.0 Å². The number of nitrogen functional groups attached to an aromatic ring is 1. The Balaban J connectivity index is 1.64. The van der Waals surface area contributed by atoms with Crippen molar-refractivity contribution < 1.29 is 18.7 Å². The summed E-state index contributed by atoms with van der Waals surface area (Å²) < 4.78 is 19.4. The summed E-state index contributed by atoms with van der Waals surface area (Å²) in [4.78, 5) is 24.4. The number of nitrogens with two attached hydrogens (primary N) is 1. The van der Waals surface area contributed by atoms with Gasteiger partial charge in [-0.25, -0.2) is 9.07 Å². The van der Waals surface area contributed by atoms with Crippen molar-refractivity contribution in [3.8, 4) is 5.75 Å². The predicted octanol–water partition coefficient (Wildman–Crippen LogP) is 1.90. The minimum Gasteiger partial charge on any atom is -0.497 e. The number of anilines is 3. The zero-order valence-electron chi connectivity index (χ0n) is 14.8. The number of halogens is 1. The minimum atomic E-state index is -0.662. The number of nitrogens with zero attached hydrogens (tertiary/aromatic N) is 3. The zero-order valence-corrected chi connectivity index (χ0v) is 14.8. The minimum absolute atomic E-state index is 0.0845. The number of benzene rings is 2. The average Bonchev–Trinajstić information content (AvgIpc) is 3.03. The first kappa shape index (κ1) is 18.8. The molecule has 3 aromatic rings. The molecule has 0 saturated heterocycles. The van der Waals surface area contributed by atoms with E-state index in [4.69, 9.17) is 10.5 Å². The molecule has 4 N–H and O–H groups in total. The molecular formula is C18H17FN6O3. The van der Waals surface area contributed by atoms with Gasteiger partial charge in [-0.05, 0) is 42.5 Å². The predicted molar refractivity (Wildman–Crippen MR) is 100 cm³/mol. The van der Waals surface area contributed by atoms with Crippen LogP contribution in [-0.2, 0) is 11.3 Å². The fraction of sp³-hybridized carbons (Fsp3) is 0.111. The molecule has 0 aliphatic rings. The van der Waals surface area contributed by atoms with Crippen LogP contribution in [0.1, 0.15) is 10.5 Å². The van der Waals surface area contributed by atoms with Gasteiger partial charge in [-0.15, -0.1) is 5.10 Å². The molecule has 3 rings (SSSR count). The van der Waals surface area contributed by atoms with E-state index in [-0.39, 0.29) is 23.7 Å². The van der Waals surface area contributed by atoms with E-state index in [1.165, 1.54) is 18.2 Å². The summed E-state index contributed by atoms with van der Waals surface area (Å²) in [5.41, 5.74) is 6.52. The monoisotopic (exact) mass is 384 g/mol. The van der Waals surface area contributed by atoms with E-state index < -0.39 is 17.6 Å². The molecule has 144 valence electrons. The molecule has 0 aliphatic carbocycles. The van der Waals surface area contributed by atoms with Gasteiger partial charge in [0.2, 0.25) is 5.91 Å². The van der Waals surface area contributed by atoms with Crippen molar-refractivity contribution >= 4 is 29.0 Å². The molecule has 0 fully saturated rings. The maximum atomic E-state index is 13.2. The standard InChI is InChI=1S/C18H17FN6O3/c1-28-14-7-5-12(6-8-14)21-15(26)10-25-17(20)16(23-24-25)18(27)22-13-4-2-3-11(19)9-13/h2-9H,10,20H2,1H3,(H,21,26)(H,22,27). The van der Waals surface area contributed by atoms with Crippen LogP contribution >= 0.6 is 0 Å². The third-order valence-corrected chi connectivity index (χ3v) is 3.74. The van der Waals surface area contributed by atoms with Crippen molar-refractivity contribution in [2.75, 3.05) is 23.5 Å². The Kier molecular flexibility index (Phi) is 5.49. The quantitative estimate of drug-likeness (QED) is 0.596. The maximum Gasteiger partial charge on any atom is 0.280 e. The van der Waals surface area contributed by atoms with E-state index in [2.05, 4.69) is 20.9 Å². The summed E-state index contributed by atoms with van der Waals surface area (Å²) in [7, 11) is 1.54. The highest BCUT2D eigenvalue weighted by Gasteiger charge is 2.19. The summed E-state index contributed by atoms with van der Waals surface area (Å²) >= 11 is 0. The van der Waals surface area contributed by atoms with Gasteiger partial charge in [0, 0.05) is 11.4 Å². The van der Waals surface area contributed by atoms with Crippen LogP contribution in [0.25, 0.3) is 0 Å².